The lowest BCUT2D eigenvalue weighted by Crippen LogP contribution is -2.08. The number of hydrogen-bond donors (Lipinski definition) is 1. The molecule has 0 saturated heterocycles. The highest BCUT2D eigenvalue weighted by Crippen LogP contribution is 2.29. The van der Waals surface area contributed by atoms with Crippen LogP contribution in [0.25, 0.3) is 0 Å². The number of hydrogen-bond acceptors (Lipinski definition) is 4. The number of rotatable bonds is 6. The van der Waals surface area contributed by atoms with E-state index < -0.39 is 0 Å². The second-order valence-corrected chi connectivity index (χ2v) is 4.98. The first-order chi connectivity index (χ1) is 10.2. The summed E-state index contributed by atoms with van der Waals surface area (Å²) in [7, 11) is 3.25. The lowest BCUT2D eigenvalue weighted by molar-refractivity contribution is 0.164. The number of ether oxygens (including phenoxy) is 2. The van der Waals surface area contributed by atoms with Crippen LogP contribution in [0, 0.1) is 6.92 Å². The van der Waals surface area contributed by atoms with E-state index in [1.54, 1.807) is 21.1 Å². The normalized spacial score (nSPS) is 10.8. The van der Waals surface area contributed by atoms with Crippen molar-refractivity contribution in [3.8, 4) is 5.75 Å². The van der Waals surface area contributed by atoms with Crippen molar-refractivity contribution in [1.82, 2.24) is 4.98 Å². The van der Waals surface area contributed by atoms with Gasteiger partial charge >= 0.3 is 0 Å². The summed E-state index contributed by atoms with van der Waals surface area (Å²) in [6.45, 7) is 2.55. The third-order valence-corrected chi connectivity index (χ3v) is 3.44. The summed E-state index contributed by atoms with van der Waals surface area (Å²) in [5.74, 6) is 0.195. The Balaban J connectivity index is 2.47. The quantitative estimate of drug-likeness (QED) is 0.887. The number of nitrogens with zero attached hydrogens (tertiary/aromatic N) is 1. The number of aromatic nitrogens is 1. The summed E-state index contributed by atoms with van der Waals surface area (Å²) in [4.78, 5) is 4.54. The van der Waals surface area contributed by atoms with Gasteiger partial charge in [0.15, 0.2) is 0 Å². The summed E-state index contributed by atoms with van der Waals surface area (Å²) in [5, 5.41) is 10.2. The van der Waals surface area contributed by atoms with Gasteiger partial charge in [0.2, 0.25) is 0 Å². The van der Waals surface area contributed by atoms with E-state index in [0.29, 0.717) is 25.3 Å². The number of aryl methyl sites for hydroxylation is 1. The summed E-state index contributed by atoms with van der Waals surface area (Å²) in [5.41, 5.74) is 4.39. The predicted octanol–water partition coefficient (Wildman–Crippen LogP) is 2.98. The fourth-order valence-electron chi connectivity index (χ4n) is 2.41. The topological polar surface area (TPSA) is 51.6 Å². The van der Waals surface area contributed by atoms with Crippen molar-refractivity contribution in [3.05, 3.63) is 58.4 Å². The molecule has 0 unspecified atom stereocenters. The number of aromatic hydroxyl groups is 1. The van der Waals surface area contributed by atoms with Gasteiger partial charge in [0, 0.05) is 31.8 Å². The van der Waals surface area contributed by atoms with Gasteiger partial charge in [-0.25, -0.2) is 0 Å². The maximum atomic E-state index is 10.2. The molecular formula is C17H21NO3. The Bertz CT molecular complexity index is 597. The van der Waals surface area contributed by atoms with E-state index in [2.05, 4.69) is 17.1 Å². The molecule has 0 aliphatic carbocycles. The molecule has 0 bridgehead atoms. The summed E-state index contributed by atoms with van der Waals surface area (Å²) >= 11 is 0. The smallest absolute Gasteiger partial charge is 0.142 e. The van der Waals surface area contributed by atoms with Gasteiger partial charge in [0.1, 0.15) is 5.75 Å². The average Bonchev–Trinajstić information content (AvgIpc) is 2.49. The molecule has 0 fully saturated rings. The Morgan fingerprint density at radius 2 is 1.62 bits per heavy atom. The van der Waals surface area contributed by atoms with Crippen LogP contribution in [0.5, 0.6) is 5.75 Å². The van der Waals surface area contributed by atoms with Crippen LogP contribution in [0.2, 0.25) is 0 Å². The monoisotopic (exact) mass is 287 g/mol. The molecule has 4 nitrogen and oxygen atoms in total. The zero-order valence-electron chi connectivity index (χ0n) is 12.7. The number of benzene rings is 1. The van der Waals surface area contributed by atoms with E-state index in [1.165, 1.54) is 5.56 Å². The summed E-state index contributed by atoms with van der Waals surface area (Å²) in [6.07, 6.45) is 0.706. The van der Waals surface area contributed by atoms with E-state index in [-0.39, 0.29) is 5.75 Å². The first kappa shape index (κ1) is 15.5. The summed E-state index contributed by atoms with van der Waals surface area (Å²) in [6, 6.07) is 10.1. The van der Waals surface area contributed by atoms with Crippen molar-refractivity contribution >= 4 is 0 Å². The van der Waals surface area contributed by atoms with Crippen molar-refractivity contribution in [2.75, 3.05) is 14.2 Å². The third kappa shape index (κ3) is 3.60. The van der Waals surface area contributed by atoms with E-state index >= 15 is 0 Å². The Morgan fingerprint density at radius 1 is 1.00 bits per heavy atom. The molecule has 1 aromatic heterocycles. The molecule has 4 heteroatoms. The molecule has 0 atom stereocenters. The summed E-state index contributed by atoms with van der Waals surface area (Å²) < 4.78 is 10.5. The Labute approximate surface area is 125 Å². The maximum Gasteiger partial charge on any atom is 0.142 e. The van der Waals surface area contributed by atoms with Crippen LogP contribution in [0.1, 0.15) is 28.1 Å². The van der Waals surface area contributed by atoms with Crippen LogP contribution in [0.4, 0.5) is 0 Å². The van der Waals surface area contributed by atoms with Crippen molar-refractivity contribution in [2.45, 2.75) is 26.6 Å². The van der Waals surface area contributed by atoms with Gasteiger partial charge in [-0.15, -0.1) is 0 Å². The van der Waals surface area contributed by atoms with E-state index in [4.69, 9.17) is 9.47 Å². The largest absolute Gasteiger partial charge is 0.506 e. The van der Waals surface area contributed by atoms with Crippen molar-refractivity contribution in [3.63, 3.8) is 0 Å². The highest BCUT2D eigenvalue weighted by molar-refractivity contribution is 5.45. The van der Waals surface area contributed by atoms with Crippen LogP contribution in [0.3, 0.4) is 0 Å². The molecule has 2 aromatic rings. The van der Waals surface area contributed by atoms with Gasteiger partial charge in [-0.05, 0) is 12.5 Å². The van der Waals surface area contributed by atoms with Gasteiger partial charge in [-0.2, -0.15) is 0 Å². The lowest BCUT2D eigenvalue weighted by atomic mass is 9.99. The van der Waals surface area contributed by atoms with Crippen LogP contribution in [-0.4, -0.2) is 24.3 Å². The second-order valence-electron chi connectivity index (χ2n) is 4.98. The number of pyridine rings is 1. The minimum absolute atomic E-state index is 0.195. The zero-order valence-corrected chi connectivity index (χ0v) is 12.7. The molecule has 0 radical (unpaired) electrons. The van der Waals surface area contributed by atoms with Gasteiger partial charge < -0.3 is 14.6 Å². The van der Waals surface area contributed by atoms with Crippen molar-refractivity contribution < 1.29 is 14.6 Å². The van der Waals surface area contributed by atoms with Crippen molar-refractivity contribution in [1.29, 1.82) is 0 Å². The van der Waals surface area contributed by atoms with Crippen LogP contribution < -0.4 is 0 Å². The predicted molar refractivity (Wildman–Crippen MR) is 81.3 cm³/mol. The Morgan fingerprint density at radius 3 is 2.24 bits per heavy atom. The zero-order chi connectivity index (χ0) is 15.2. The van der Waals surface area contributed by atoms with Gasteiger partial charge in [0.25, 0.3) is 0 Å². The maximum absolute atomic E-state index is 10.2. The van der Waals surface area contributed by atoms with Gasteiger partial charge in [-0.1, -0.05) is 30.3 Å². The van der Waals surface area contributed by atoms with E-state index in [0.717, 1.165) is 16.8 Å². The van der Waals surface area contributed by atoms with Crippen molar-refractivity contribution in [2.24, 2.45) is 0 Å². The fraction of sp³-hybridized carbons (Fsp3) is 0.353. The molecule has 112 valence electrons. The highest BCUT2D eigenvalue weighted by atomic mass is 16.5. The molecule has 1 aromatic carbocycles. The van der Waals surface area contributed by atoms with Gasteiger partial charge in [-0.3, -0.25) is 4.98 Å². The van der Waals surface area contributed by atoms with Crippen LogP contribution in [0.15, 0.2) is 30.3 Å². The van der Waals surface area contributed by atoms with E-state index in [9.17, 15) is 5.11 Å². The Hall–Kier alpha value is -1.91. The molecule has 21 heavy (non-hydrogen) atoms. The highest BCUT2D eigenvalue weighted by Gasteiger charge is 2.17. The molecule has 1 N–H and O–H groups in total. The SMILES string of the molecule is COCc1c(Cc2ccccc2)nc(C)c(O)c1COC. The molecule has 0 spiro atoms. The first-order valence-corrected chi connectivity index (χ1v) is 6.89. The number of methoxy groups -OCH3 is 2. The molecule has 2 rings (SSSR count). The second kappa shape index (κ2) is 7.20. The Kier molecular flexibility index (Phi) is 5.31. The fourth-order valence-corrected chi connectivity index (χ4v) is 2.41. The molecule has 0 aliphatic rings. The van der Waals surface area contributed by atoms with Crippen LogP contribution >= 0.6 is 0 Å². The minimum atomic E-state index is 0.195. The average molecular weight is 287 g/mol. The molecule has 0 amide bonds. The molecule has 0 aliphatic heterocycles. The third-order valence-electron chi connectivity index (χ3n) is 3.44. The minimum Gasteiger partial charge on any atom is -0.506 e. The van der Waals surface area contributed by atoms with Crippen LogP contribution in [-0.2, 0) is 29.1 Å². The van der Waals surface area contributed by atoms with E-state index in [1.807, 2.05) is 18.2 Å². The lowest BCUT2D eigenvalue weighted by Gasteiger charge is -2.16. The van der Waals surface area contributed by atoms with Gasteiger partial charge in [0.05, 0.1) is 24.6 Å². The standard InChI is InChI=1S/C17H21NO3/c1-12-17(19)15(11-21-3)14(10-20-2)16(18-12)9-13-7-5-4-6-8-13/h4-8,19H,9-11H2,1-3H3. The molecule has 1 heterocycles. The molecular weight excluding hydrogens is 266 g/mol. The molecule has 0 saturated carbocycles. The first-order valence-electron chi connectivity index (χ1n) is 6.89.